The van der Waals surface area contributed by atoms with E-state index in [1.807, 2.05) is 0 Å². The van der Waals surface area contributed by atoms with Gasteiger partial charge in [0.1, 0.15) is 0 Å². The Bertz CT molecular complexity index is 521. The Morgan fingerprint density at radius 1 is 1.43 bits per heavy atom. The normalized spacial score (nSPS) is 15.3. The zero-order valence-electron chi connectivity index (χ0n) is 11.7. The number of hydrogen-bond donors (Lipinski definition) is 1. The van der Waals surface area contributed by atoms with E-state index in [1.54, 1.807) is 6.07 Å². The average molecular weight is 311 g/mol. The van der Waals surface area contributed by atoms with Crippen LogP contribution in [0.3, 0.4) is 0 Å². The second kappa shape index (κ2) is 6.80. The van der Waals surface area contributed by atoms with Crippen LogP contribution in [0.4, 0.5) is 0 Å². The zero-order chi connectivity index (χ0) is 15.3. The number of furan rings is 1. The van der Waals surface area contributed by atoms with Crippen LogP contribution in [0.5, 0.6) is 0 Å². The van der Waals surface area contributed by atoms with Crippen molar-refractivity contribution in [2.24, 2.45) is 5.41 Å². The molecule has 21 heavy (non-hydrogen) atoms. The van der Waals surface area contributed by atoms with Crippen LogP contribution in [0.15, 0.2) is 22.8 Å². The lowest BCUT2D eigenvalue weighted by atomic mass is 10.1. The maximum absolute atomic E-state index is 11.6. The highest BCUT2D eigenvalue weighted by Gasteiger charge is 2.44. The first-order valence-corrected chi connectivity index (χ1v) is 7.72. The van der Waals surface area contributed by atoms with Crippen LogP contribution in [0.1, 0.15) is 29.8 Å². The van der Waals surface area contributed by atoms with Crippen molar-refractivity contribution in [2.45, 2.75) is 19.3 Å². The number of ether oxygens (including phenoxy) is 1. The molecule has 1 fully saturated rings. The number of amides is 2. The van der Waals surface area contributed by atoms with Gasteiger partial charge < -0.3 is 9.15 Å². The molecule has 114 valence electrons. The number of imide groups is 1. The number of methoxy groups -OCH3 is 1. The van der Waals surface area contributed by atoms with Crippen molar-refractivity contribution in [1.82, 2.24) is 5.32 Å². The van der Waals surface area contributed by atoms with Crippen molar-refractivity contribution >= 4 is 29.5 Å². The average Bonchev–Trinajstić information content (AvgIpc) is 3.00. The summed E-state index contributed by atoms with van der Waals surface area (Å²) >= 11 is 1.42. The minimum atomic E-state index is -0.540. The van der Waals surface area contributed by atoms with Crippen molar-refractivity contribution in [3.63, 3.8) is 0 Å². The largest absolute Gasteiger partial charge is 0.469 e. The lowest BCUT2D eigenvalue weighted by Gasteiger charge is -2.12. The van der Waals surface area contributed by atoms with Crippen LogP contribution in [-0.2, 0) is 14.3 Å². The van der Waals surface area contributed by atoms with Gasteiger partial charge in [-0.05, 0) is 36.1 Å². The lowest BCUT2D eigenvalue weighted by molar-refractivity contribution is -0.141. The van der Waals surface area contributed by atoms with Crippen molar-refractivity contribution in [2.75, 3.05) is 18.6 Å². The molecule has 0 unspecified atom stereocenters. The Kier molecular flexibility index (Phi) is 5.06. The van der Waals surface area contributed by atoms with Gasteiger partial charge >= 0.3 is 5.97 Å². The van der Waals surface area contributed by atoms with Crippen LogP contribution < -0.4 is 5.32 Å². The monoisotopic (exact) mass is 311 g/mol. The molecular formula is C14H17NO5S. The Morgan fingerprint density at radius 3 is 2.76 bits per heavy atom. The molecule has 7 heteroatoms. The van der Waals surface area contributed by atoms with E-state index < -0.39 is 5.91 Å². The standard InChI is InChI=1S/C14H17NO5S/c1-19-12(17)7-14(4-5-14)9-21-8-11(16)15-13(18)10-3-2-6-20-10/h2-3,6H,4-5,7-9H2,1H3,(H,15,16,18). The van der Waals surface area contributed by atoms with E-state index in [-0.39, 0.29) is 28.8 Å². The highest BCUT2D eigenvalue weighted by Crippen LogP contribution is 2.51. The number of carbonyl (C=O) groups excluding carboxylic acids is 3. The molecule has 1 aromatic rings. The van der Waals surface area contributed by atoms with E-state index in [2.05, 4.69) is 10.1 Å². The van der Waals surface area contributed by atoms with Gasteiger partial charge in [0.2, 0.25) is 5.91 Å². The molecule has 0 radical (unpaired) electrons. The van der Waals surface area contributed by atoms with Gasteiger partial charge in [-0.15, -0.1) is 0 Å². The molecule has 1 aliphatic carbocycles. The minimum absolute atomic E-state index is 0.0247. The third-order valence-electron chi connectivity index (χ3n) is 3.34. The summed E-state index contributed by atoms with van der Waals surface area (Å²) in [6, 6.07) is 3.07. The van der Waals surface area contributed by atoms with Crippen molar-refractivity contribution < 1.29 is 23.5 Å². The molecule has 1 N–H and O–H groups in total. The number of esters is 1. The van der Waals surface area contributed by atoms with Gasteiger partial charge in [0, 0.05) is 0 Å². The molecular weight excluding hydrogens is 294 g/mol. The fraction of sp³-hybridized carbons (Fsp3) is 0.500. The molecule has 0 aliphatic heterocycles. The molecule has 0 spiro atoms. The smallest absolute Gasteiger partial charge is 0.306 e. The Labute approximate surface area is 126 Å². The summed E-state index contributed by atoms with van der Waals surface area (Å²) in [5.74, 6) is -0.125. The first kappa shape index (κ1) is 15.6. The first-order chi connectivity index (χ1) is 10.0. The second-order valence-corrected chi connectivity index (χ2v) is 6.09. The van der Waals surface area contributed by atoms with Gasteiger partial charge in [0.25, 0.3) is 5.91 Å². The molecule has 1 heterocycles. The molecule has 0 saturated heterocycles. The van der Waals surface area contributed by atoms with Gasteiger partial charge in [-0.2, -0.15) is 11.8 Å². The molecule has 0 bridgehead atoms. The van der Waals surface area contributed by atoms with Gasteiger partial charge in [0.15, 0.2) is 5.76 Å². The van der Waals surface area contributed by atoms with Gasteiger partial charge in [-0.1, -0.05) is 0 Å². The lowest BCUT2D eigenvalue weighted by Crippen LogP contribution is -2.31. The molecule has 1 aromatic heterocycles. The molecule has 0 atom stereocenters. The number of nitrogens with one attached hydrogen (secondary N) is 1. The van der Waals surface area contributed by atoms with Crippen LogP contribution >= 0.6 is 11.8 Å². The zero-order valence-corrected chi connectivity index (χ0v) is 12.5. The van der Waals surface area contributed by atoms with E-state index in [0.29, 0.717) is 12.2 Å². The Balaban J connectivity index is 1.68. The van der Waals surface area contributed by atoms with Gasteiger partial charge in [-0.25, -0.2) is 0 Å². The maximum atomic E-state index is 11.6. The third-order valence-corrected chi connectivity index (χ3v) is 4.63. The summed E-state index contributed by atoms with van der Waals surface area (Å²) in [6.07, 6.45) is 3.71. The van der Waals surface area contributed by atoms with Crippen LogP contribution in [0.25, 0.3) is 0 Å². The fourth-order valence-electron chi connectivity index (χ4n) is 1.92. The summed E-state index contributed by atoms with van der Waals surface area (Å²) in [4.78, 5) is 34.5. The molecule has 2 amide bonds. The molecule has 6 nitrogen and oxygen atoms in total. The number of hydrogen-bond acceptors (Lipinski definition) is 6. The van der Waals surface area contributed by atoms with Gasteiger partial charge in [-0.3, -0.25) is 19.7 Å². The number of thioether (sulfide) groups is 1. The van der Waals surface area contributed by atoms with E-state index in [9.17, 15) is 14.4 Å². The van der Waals surface area contributed by atoms with Crippen LogP contribution in [0.2, 0.25) is 0 Å². The van der Waals surface area contributed by atoms with Crippen molar-refractivity contribution in [3.05, 3.63) is 24.2 Å². The van der Waals surface area contributed by atoms with E-state index >= 15 is 0 Å². The Morgan fingerprint density at radius 2 is 2.19 bits per heavy atom. The second-order valence-electron chi connectivity index (χ2n) is 5.10. The van der Waals surface area contributed by atoms with Crippen LogP contribution in [-0.4, -0.2) is 36.4 Å². The van der Waals surface area contributed by atoms with E-state index in [4.69, 9.17) is 4.42 Å². The van der Waals surface area contributed by atoms with Crippen LogP contribution in [0, 0.1) is 5.41 Å². The topological polar surface area (TPSA) is 85.6 Å². The summed E-state index contributed by atoms with van der Waals surface area (Å²) in [7, 11) is 1.37. The quantitative estimate of drug-likeness (QED) is 0.770. The van der Waals surface area contributed by atoms with Crippen molar-refractivity contribution in [1.29, 1.82) is 0 Å². The number of carbonyl (C=O) groups is 3. The third kappa shape index (κ3) is 4.63. The van der Waals surface area contributed by atoms with Gasteiger partial charge in [0.05, 0.1) is 25.5 Å². The summed E-state index contributed by atoms with van der Waals surface area (Å²) in [5.41, 5.74) is -0.0247. The Hall–Kier alpha value is -1.76. The SMILES string of the molecule is COC(=O)CC1(CSCC(=O)NC(=O)c2ccco2)CC1. The summed E-state index contributed by atoms with van der Waals surface area (Å²) in [6.45, 7) is 0. The molecule has 2 rings (SSSR count). The fourth-order valence-corrected chi connectivity index (χ4v) is 3.10. The number of rotatable bonds is 7. The summed E-state index contributed by atoms with van der Waals surface area (Å²) < 4.78 is 9.56. The first-order valence-electron chi connectivity index (χ1n) is 6.57. The molecule has 1 saturated carbocycles. The van der Waals surface area contributed by atoms with E-state index in [1.165, 1.54) is 31.2 Å². The predicted molar refractivity (Wildman–Crippen MR) is 76.8 cm³/mol. The summed E-state index contributed by atoms with van der Waals surface area (Å²) in [5, 5.41) is 2.26. The molecule has 1 aliphatic rings. The van der Waals surface area contributed by atoms with Crippen molar-refractivity contribution in [3.8, 4) is 0 Å². The maximum Gasteiger partial charge on any atom is 0.306 e. The van der Waals surface area contributed by atoms with E-state index in [0.717, 1.165) is 12.8 Å². The highest BCUT2D eigenvalue weighted by molar-refractivity contribution is 8.00. The molecule has 0 aromatic carbocycles. The highest BCUT2D eigenvalue weighted by atomic mass is 32.2. The minimum Gasteiger partial charge on any atom is -0.469 e. The predicted octanol–water partition coefficient (Wildman–Crippen LogP) is 1.61.